The fourth-order valence-electron chi connectivity index (χ4n) is 1.75. The molecule has 2 heterocycles. The van der Waals surface area contributed by atoms with Crippen molar-refractivity contribution in [2.75, 3.05) is 38.4 Å². The van der Waals surface area contributed by atoms with Crippen molar-refractivity contribution < 1.29 is 14.0 Å². The summed E-state index contributed by atoms with van der Waals surface area (Å²) in [6.07, 6.45) is 0.655. The van der Waals surface area contributed by atoms with Gasteiger partial charge < -0.3 is 19.7 Å². The molecule has 1 fully saturated rings. The summed E-state index contributed by atoms with van der Waals surface area (Å²) in [4.78, 5) is 4.38. The maximum absolute atomic E-state index is 5.99. The molecule has 0 aromatic carbocycles. The molecular formula is C11H19N3O3S. The molecule has 6 nitrogen and oxygen atoms in total. The van der Waals surface area contributed by atoms with Crippen LogP contribution in [0.2, 0.25) is 0 Å². The van der Waals surface area contributed by atoms with E-state index < -0.39 is 0 Å². The van der Waals surface area contributed by atoms with Gasteiger partial charge in [0.15, 0.2) is 5.82 Å². The number of thioether (sulfide) groups is 1. The number of hydrogen-bond donors (Lipinski definition) is 1. The number of nitrogens with zero attached hydrogens (tertiary/aromatic N) is 2. The zero-order valence-electron chi connectivity index (χ0n) is 10.5. The van der Waals surface area contributed by atoms with Gasteiger partial charge in [-0.3, -0.25) is 0 Å². The van der Waals surface area contributed by atoms with Crippen molar-refractivity contribution >= 4 is 11.8 Å². The third-order valence-electron chi connectivity index (χ3n) is 2.83. The Bertz CT molecular complexity index is 361. The van der Waals surface area contributed by atoms with Gasteiger partial charge >= 0.3 is 0 Å². The zero-order chi connectivity index (χ0) is 12.8. The van der Waals surface area contributed by atoms with Crippen LogP contribution < -0.4 is 5.73 Å². The fourth-order valence-corrected chi connectivity index (χ4v) is 3.04. The van der Waals surface area contributed by atoms with Crippen molar-refractivity contribution in [1.82, 2.24) is 10.1 Å². The predicted octanol–water partition coefficient (Wildman–Crippen LogP) is 0.433. The molecule has 18 heavy (non-hydrogen) atoms. The van der Waals surface area contributed by atoms with E-state index in [0.29, 0.717) is 38.0 Å². The molecule has 1 saturated heterocycles. The maximum Gasteiger partial charge on any atom is 0.232 e. The van der Waals surface area contributed by atoms with Crippen LogP contribution in [0.25, 0.3) is 0 Å². The van der Waals surface area contributed by atoms with Gasteiger partial charge in [0.2, 0.25) is 5.89 Å². The minimum absolute atomic E-state index is 0.126. The molecule has 2 rings (SSSR count). The van der Waals surface area contributed by atoms with E-state index in [2.05, 4.69) is 10.1 Å². The van der Waals surface area contributed by atoms with Gasteiger partial charge in [0, 0.05) is 31.1 Å². The van der Waals surface area contributed by atoms with Crippen LogP contribution in [0.1, 0.15) is 17.6 Å². The van der Waals surface area contributed by atoms with Crippen molar-refractivity contribution in [3.8, 4) is 0 Å². The Morgan fingerprint density at radius 2 is 2.28 bits per heavy atom. The topological polar surface area (TPSA) is 83.4 Å². The molecule has 0 spiro atoms. The highest BCUT2D eigenvalue weighted by molar-refractivity contribution is 7.99. The molecule has 0 saturated carbocycles. The minimum atomic E-state index is 0.126. The standard InChI is InChI=1S/C11H19N3O3S/c1-15-4-5-16-3-2-10-13-11(17-14-10)8-6-18-7-9(8)12/h8-9H,2-7,12H2,1H3. The number of hydrogen-bond acceptors (Lipinski definition) is 7. The number of aromatic nitrogens is 2. The first-order valence-corrected chi connectivity index (χ1v) is 7.19. The van der Waals surface area contributed by atoms with Crippen LogP contribution in [0.5, 0.6) is 0 Å². The quantitative estimate of drug-likeness (QED) is 0.721. The molecule has 102 valence electrons. The van der Waals surface area contributed by atoms with Gasteiger partial charge in [-0.15, -0.1) is 0 Å². The Labute approximate surface area is 111 Å². The van der Waals surface area contributed by atoms with Gasteiger partial charge in [0.05, 0.1) is 25.7 Å². The van der Waals surface area contributed by atoms with Crippen molar-refractivity contribution in [2.45, 2.75) is 18.4 Å². The number of nitrogens with two attached hydrogens (primary N) is 1. The average Bonchev–Trinajstić information content (AvgIpc) is 2.97. The Balaban J connectivity index is 1.75. The summed E-state index contributed by atoms with van der Waals surface area (Å²) in [5.74, 6) is 3.48. The number of methoxy groups -OCH3 is 1. The summed E-state index contributed by atoms with van der Waals surface area (Å²) in [5.41, 5.74) is 5.99. The maximum atomic E-state index is 5.99. The first-order chi connectivity index (χ1) is 8.81. The second kappa shape index (κ2) is 7.08. The highest BCUT2D eigenvalue weighted by atomic mass is 32.2. The Kier molecular flexibility index (Phi) is 5.43. The van der Waals surface area contributed by atoms with Crippen LogP contribution in [0.4, 0.5) is 0 Å². The molecule has 0 amide bonds. The normalized spacial score (nSPS) is 23.7. The lowest BCUT2D eigenvalue weighted by atomic mass is 10.1. The van der Waals surface area contributed by atoms with Gasteiger partial charge in [-0.25, -0.2) is 0 Å². The van der Waals surface area contributed by atoms with Gasteiger partial charge in [-0.2, -0.15) is 16.7 Å². The van der Waals surface area contributed by atoms with Crippen molar-refractivity contribution in [3.05, 3.63) is 11.7 Å². The van der Waals surface area contributed by atoms with E-state index in [1.807, 2.05) is 11.8 Å². The SMILES string of the molecule is COCCOCCc1noc(C2CSCC2N)n1. The summed E-state index contributed by atoms with van der Waals surface area (Å²) < 4.78 is 15.5. The molecule has 0 bridgehead atoms. The van der Waals surface area contributed by atoms with Gasteiger partial charge in [0.25, 0.3) is 0 Å². The summed E-state index contributed by atoms with van der Waals surface area (Å²) >= 11 is 1.83. The van der Waals surface area contributed by atoms with Crippen molar-refractivity contribution in [1.29, 1.82) is 0 Å². The first kappa shape index (κ1) is 13.8. The number of rotatable bonds is 7. The molecule has 0 aliphatic carbocycles. The van der Waals surface area contributed by atoms with Gasteiger partial charge in [-0.1, -0.05) is 5.16 Å². The summed E-state index contributed by atoms with van der Waals surface area (Å²) in [5, 5.41) is 3.95. The van der Waals surface area contributed by atoms with Crippen LogP contribution in [-0.4, -0.2) is 54.6 Å². The Morgan fingerprint density at radius 1 is 1.39 bits per heavy atom. The molecule has 1 aliphatic heterocycles. The van der Waals surface area contributed by atoms with Crippen LogP contribution in [0.15, 0.2) is 4.52 Å². The molecule has 2 atom stereocenters. The van der Waals surface area contributed by atoms with Crippen LogP contribution in [-0.2, 0) is 15.9 Å². The summed E-state index contributed by atoms with van der Waals surface area (Å²) in [6.45, 7) is 1.77. The van der Waals surface area contributed by atoms with Crippen LogP contribution in [0, 0.1) is 0 Å². The van der Waals surface area contributed by atoms with E-state index >= 15 is 0 Å². The molecule has 7 heteroatoms. The van der Waals surface area contributed by atoms with E-state index in [-0.39, 0.29) is 12.0 Å². The molecule has 0 radical (unpaired) electrons. The molecule has 2 unspecified atom stereocenters. The van der Waals surface area contributed by atoms with E-state index in [4.69, 9.17) is 19.7 Å². The van der Waals surface area contributed by atoms with Crippen molar-refractivity contribution in [3.63, 3.8) is 0 Å². The monoisotopic (exact) mass is 273 g/mol. The molecule has 1 aromatic rings. The lowest BCUT2D eigenvalue weighted by molar-refractivity contribution is 0.0714. The number of ether oxygens (including phenoxy) is 2. The third kappa shape index (κ3) is 3.68. The van der Waals surface area contributed by atoms with E-state index in [1.54, 1.807) is 7.11 Å². The molecule has 1 aliphatic rings. The average molecular weight is 273 g/mol. The van der Waals surface area contributed by atoms with Crippen molar-refractivity contribution in [2.24, 2.45) is 5.73 Å². The Hall–Kier alpha value is -0.630. The Morgan fingerprint density at radius 3 is 3.00 bits per heavy atom. The molecule has 1 aromatic heterocycles. The molecule has 2 N–H and O–H groups in total. The van der Waals surface area contributed by atoms with E-state index in [9.17, 15) is 0 Å². The highest BCUT2D eigenvalue weighted by Gasteiger charge is 2.30. The second-order valence-electron chi connectivity index (χ2n) is 4.21. The first-order valence-electron chi connectivity index (χ1n) is 6.03. The van der Waals surface area contributed by atoms with Gasteiger partial charge in [-0.05, 0) is 0 Å². The zero-order valence-corrected chi connectivity index (χ0v) is 11.3. The highest BCUT2D eigenvalue weighted by Crippen LogP contribution is 2.30. The van der Waals surface area contributed by atoms with E-state index in [0.717, 1.165) is 11.5 Å². The van der Waals surface area contributed by atoms with Crippen LogP contribution in [0.3, 0.4) is 0 Å². The summed E-state index contributed by atoms with van der Waals surface area (Å²) in [7, 11) is 1.65. The van der Waals surface area contributed by atoms with Gasteiger partial charge in [0.1, 0.15) is 0 Å². The lowest BCUT2D eigenvalue weighted by Crippen LogP contribution is -2.26. The fraction of sp³-hybridized carbons (Fsp3) is 0.818. The lowest BCUT2D eigenvalue weighted by Gasteiger charge is -2.07. The second-order valence-corrected chi connectivity index (χ2v) is 5.29. The summed E-state index contributed by atoms with van der Waals surface area (Å²) in [6, 6.07) is 0.126. The molecular weight excluding hydrogens is 254 g/mol. The predicted molar refractivity (Wildman–Crippen MR) is 68.7 cm³/mol. The minimum Gasteiger partial charge on any atom is -0.382 e. The van der Waals surface area contributed by atoms with Crippen LogP contribution >= 0.6 is 11.8 Å². The largest absolute Gasteiger partial charge is 0.382 e. The third-order valence-corrected chi connectivity index (χ3v) is 4.04. The van der Waals surface area contributed by atoms with E-state index in [1.165, 1.54) is 0 Å². The smallest absolute Gasteiger partial charge is 0.232 e.